The van der Waals surface area contributed by atoms with Gasteiger partial charge < -0.3 is 20.5 Å². The number of urea groups is 1. The van der Waals surface area contributed by atoms with Crippen molar-refractivity contribution in [3.05, 3.63) is 82.4 Å². The van der Waals surface area contributed by atoms with Gasteiger partial charge in [0, 0.05) is 17.1 Å². The average molecular weight is 642 g/mol. The third-order valence-electron chi connectivity index (χ3n) is 4.76. The first-order chi connectivity index (χ1) is 20.8. The molecule has 232 valence electrons. The molecule has 0 saturated heterocycles. The molecule has 0 unspecified atom stereocenters. The first kappa shape index (κ1) is 35.4. The number of anilines is 3. The van der Waals surface area contributed by atoms with E-state index in [4.69, 9.17) is 38.4 Å². The Hall–Kier alpha value is -4.77. The summed E-state index contributed by atoms with van der Waals surface area (Å²) in [4.78, 5) is 40.8. The summed E-state index contributed by atoms with van der Waals surface area (Å²) in [6.07, 6.45) is 1.73. The molecule has 0 aliphatic carbocycles. The largest absolute Gasteiger partial charge is 0.491 e. The van der Waals surface area contributed by atoms with E-state index in [1.54, 1.807) is 67.6 Å². The molecule has 0 fully saturated rings. The van der Waals surface area contributed by atoms with Gasteiger partial charge in [-0.3, -0.25) is 5.32 Å². The van der Waals surface area contributed by atoms with Crippen LogP contribution < -0.4 is 25.8 Å². The maximum absolute atomic E-state index is 11.9. The molecule has 0 saturated carbocycles. The third kappa shape index (κ3) is 14.4. The van der Waals surface area contributed by atoms with Crippen LogP contribution in [0.15, 0.2) is 65.7 Å². The van der Waals surface area contributed by atoms with E-state index in [1.807, 2.05) is 34.6 Å². The lowest BCUT2D eigenvalue weighted by Gasteiger charge is -2.11. The standard InChI is InChI=1S/C15H17ClN4O2.C10H11NO2.C5H6ClN3/c1-9(2)22-12-6-4-11(5-7-12)18-15(21)20-14-17-10(3)8-13(16)19-14;1-8(2)13-10-5-3-9(4-6-10)11-7-12;1-3-2-4(6)9-5(7)8-3/h4-9H,1-3H3,(H2,17,18,19,20,21);3-6,8H,1-2H3;2H,1H3,(H2,7,8,9). The summed E-state index contributed by atoms with van der Waals surface area (Å²) in [5.41, 5.74) is 7.93. The van der Waals surface area contributed by atoms with Crippen molar-refractivity contribution in [3.63, 3.8) is 0 Å². The highest BCUT2D eigenvalue weighted by Crippen LogP contribution is 2.19. The van der Waals surface area contributed by atoms with Gasteiger partial charge in [-0.15, -0.1) is 0 Å². The zero-order chi connectivity index (χ0) is 32.6. The molecule has 0 atom stereocenters. The summed E-state index contributed by atoms with van der Waals surface area (Å²) < 4.78 is 10.9. The molecule has 2 aromatic carbocycles. The van der Waals surface area contributed by atoms with Crippen LogP contribution in [0.4, 0.5) is 28.1 Å². The van der Waals surface area contributed by atoms with E-state index in [-0.39, 0.29) is 29.3 Å². The molecule has 0 radical (unpaired) electrons. The molecule has 4 rings (SSSR count). The molecule has 0 bridgehead atoms. The molecule has 2 aromatic heterocycles. The van der Waals surface area contributed by atoms with E-state index in [0.717, 1.165) is 17.2 Å². The second kappa shape index (κ2) is 18.0. The normalized spacial score (nSPS) is 9.95. The fourth-order valence-electron chi connectivity index (χ4n) is 3.22. The number of nitrogens with one attached hydrogen (secondary N) is 2. The van der Waals surface area contributed by atoms with Gasteiger partial charge in [0.05, 0.1) is 17.9 Å². The van der Waals surface area contributed by atoms with E-state index in [9.17, 15) is 9.59 Å². The van der Waals surface area contributed by atoms with Gasteiger partial charge in [-0.2, -0.15) is 4.99 Å². The van der Waals surface area contributed by atoms with Crippen LogP contribution in [0.25, 0.3) is 0 Å². The second-order valence-electron chi connectivity index (χ2n) is 9.48. The third-order valence-corrected chi connectivity index (χ3v) is 5.14. The highest BCUT2D eigenvalue weighted by atomic mass is 35.5. The fourth-order valence-corrected chi connectivity index (χ4v) is 3.70. The second-order valence-corrected chi connectivity index (χ2v) is 10.3. The van der Waals surface area contributed by atoms with Crippen LogP contribution in [0.2, 0.25) is 10.3 Å². The molecular weight excluding hydrogens is 607 g/mol. The molecule has 2 amide bonds. The van der Waals surface area contributed by atoms with Crippen molar-refractivity contribution in [3.8, 4) is 11.5 Å². The smallest absolute Gasteiger partial charge is 0.326 e. The van der Waals surface area contributed by atoms with Crippen molar-refractivity contribution in [1.29, 1.82) is 0 Å². The van der Waals surface area contributed by atoms with Gasteiger partial charge in [-0.1, -0.05) is 23.2 Å². The number of hydrogen-bond acceptors (Lipinski definition) is 10. The minimum absolute atomic E-state index is 0.102. The number of hydrogen-bond donors (Lipinski definition) is 3. The number of aryl methyl sites for hydroxylation is 2. The van der Waals surface area contributed by atoms with Crippen LogP contribution in [0.1, 0.15) is 39.1 Å². The summed E-state index contributed by atoms with van der Waals surface area (Å²) >= 11 is 11.3. The number of nitrogens with zero attached hydrogens (tertiary/aromatic N) is 5. The molecular formula is C30H34Cl2N8O4. The van der Waals surface area contributed by atoms with E-state index in [0.29, 0.717) is 22.2 Å². The average Bonchev–Trinajstić information content (AvgIpc) is 2.90. The van der Waals surface area contributed by atoms with Gasteiger partial charge in [-0.05, 0) is 102 Å². The Morgan fingerprint density at radius 3 is 1.75 bits per heavy atom. The summed E-state index contributed by atoms with van der Waals surface area (Å²) in [5.74, 6) is 1.90. The van der Waals surface area contributed by atoms with Gasteiger partial charge in [0.25, 0.3) is 0 Å². The van der Waals surface area contributed by atoms with Gasteiger partial charge in [0.15, 0.2) is 0 Å². The Kier molecular flexibility index (Phi) is 14.5. The maximum Gasteiger partial charge on any atom is 0.326 e. The van der Waals surface area contributed by atoms with Crippen molar-refractivity contribution < 1.29 is 19.1 Å². The number of halogens is 2. The van der Waals surface area contributed by atoms with Crippen molar-refractivity contribution >= 4 is 58.6 Å². The zero-order valence-corrected chi connectivity index (χ0v) is 26.6. The highest BCUT2D eigenvalue weighted by Gasteiger charge is 2.07. The van der Waals surface area contributed by atoms with Crippen LogP contribution in [0.3, 0.4) is 0 Å². The Morgan fingerprint density at radius 2 is 1.30 bits per heavy atom. The quantitative estimate of drug-likeness (QED) is 0.106. The summed E-state index contributed by atoms with van der Waals surface area (Å²) in [6, 6.07) is 16.9. The Balaban J connectivity index is 0.000000258. The number of benzene rings is 2. The lowest BCUT2D eigenvalue weighted by molar-refractivity contribution is 0.242. The van der Waals surface area contributed by atoms with E-state index in [2.05, 4.69) is 35.6 Å². The van der Waals surface area contributed by atoms with E-state index in [1.165, 1.54) is 6.08 Å². The van der Waals surface area contributed by atoms with Crippen LogP contribution in [0.5, 0.6) is 11.5 Å². The number of nitrogen functional groups attached to an aromatic ring is 1. The number of nitrogens with two attached hydrogens (primary N) is 1. The maximum atomic E-state index is 11.9. The van der Waals surface area contributed by atoms with Gasteiger partial charge in [0.2, 0.25) is 18.0 Å². The van der Waals surface area contributed by atoms with Gasteiger partial charge in [-0.25, -0.2) is 29.5 Å². The van der Waals surface area contributed by atoms with E-state index >= 15 is 0 Å². The summed E-state index contributed by atoms with van der Waals surface area (Å²) in [5, 5.41) is 5.88. The molecule has 4 N–H and O–H groups in total. The van der Waals surface area contributed by atoms with E-state index < -0.39 is 6.03 Å². The minimum atomic E-state index is -0.445. The monoisotopic (exact) mass is 640 g/mol. The fraction of sp³-hybridized carbons (Fsp3) is 0.267. The van der Waals surface area contributed by atoms with Gasteiger partial charge >= 0.3 is 6.03 Å². The van der Waals surface area contributed by atoms with Crippen molar-refractivity contribution in [2.24, 2.45) is 4.99 Å². The number of isocyanates is 1. The predicted octanol–water partition coefficient (Wildman–Crippen LogP) is 7.33. The van der Waals surface area contributed by atoms with Crippen molar-refractivity contribution in [2.75, 3.05) is 16.4 Å². The highest BCUT2D eigenvalue weighted by molar-refractivity contribution is 6.29. The Bertz CT molecular complexity index is 1480. The lowest BCUT2D eigenvalue weighted by atomic mass is 10.3. The lowest BCUT2D eigenvalue weighted by Crippen LogP contribution is -2.21. The zero-order valence-electron chi connectivity index (χ0n) is 25.1. The summed E-state index contributed by atoms with van der Waals surface area (Å²) in [7, 11) is 0. The molecule has 14 heteroatoms. The SMILES string of the molecule is CC(C)Oc1ccc(N=C=O)cc1.Cc1cc(Cl)nc(N)n1.Cc1cc(Cl)nc(NC(=O)Nc2ccc(OC(C)C)cc2)n1. The van der Waals surface area contributed by atoms with Crippen LogP contribution in [-0.4, -0.2) is 44.3 Å². The molecule has 44 heavy (non-hydrogen) atoms. The number of carbonyl (C=O) groups excluding carboxylic acids is 2. The minimum Gasteiger partial charge on any atom is -0.491 e. The predicted molar refractivity (Wildman–Crippen MR) is 173 cm³/mol. The number of ether oxygens (including phenoxy) is 2. The number of amides is 2. The Labute approximate surface area is 266 Å². The molecule has 0 aliphatic heterocycles. The Morgan fingerprint density at radius 1 is 0.795 bits per heavy atom. The number of rotatable bonds is 7. The summed E-state index contributed by atoms with van der Waals surface area (Å²) in [6.45, 7) is 11.4. The van der Waals surface area contributed by atoms with Gasteiger partial charge in [0.1, 0.15) is 21.8 Å². The molecule has 0 spiro atoms. The first-order valence-corrected chi connectivity index (χ1v) is 14.1. The van der Waals surface area contributed by atoms with Crippen LogP contribution in [0, 0.1) is 13.8 Å². The van der Waals surface area contributed by atoms with Crippen molar-refractivity contribution in [1.82, 2.24) is 19.9 Å². The topological polar surface area (TPSA) is 167 Å². The molecule has 12 nitrogen and oxygen atoms in total. The number of aromatic nitrogens is 4. The number of carbonyl (C=O) groups is 1. The van der Waals surface area contributed by atoms with Crippen molar-refractivity contribution in [2.45, 2.75) is 53.8 Å². The number of aliphatic imine (C=N–C) groups is 1. The first-order valence-electron chi connectivity index (χ1n) is 13.3. The van der Waals surface area contributed by atoms with Crippen LogP contribution >= 0.6 is 23.2 Å². The molecule has 4 aromatic rings. The van der Waals surface area contributed by atoms with Crippen LogP contribution in [-0.2, 0) is 4.79 Å². The molecule has 0 aliphatic rings. The molecule has 2 heterocycles.